The highest BCUT2D eigenvalue weighted by Crippen LogP contribution is 2.27. The van der Waals surface area contributed by atoms with Gasteiger partial charge in [-0.25, -0.2) is 4.79 Å². The fourth-order valence-corrected chi connectivity index (χ4v) is 4.13. The van der Waals surface area contributed by atoms with Crippen LogP contribution >= 0.6 is 11.3 Å². The van der Waals surface area contributed by atoms with E-state index in [0.717, 1.165) is 49.7 Å². The lowest BCUT2D eigenvalue weighted by Gasteiger charge is -2.33. The molecule has 9 heteroatoms. The van der Waals surface area contributed by atoms with Gasteiger partial charge in [-0.05, 0) is 32.4 Å². The summed E-state index contributed by atoms with van der Waals surface area (Å²) in [6, 6.07) is 3.76. The van der Waals surface area contributed by atoms with E-state index in [1.54, 1.807) is 6.92 Å². The molecule has 0 radical (unpaired) electrons. The van der Waals surface area contributed by atoms with E-state index in [1.165, 1.54) is 11.3 Å². The Balaban J connectivity index is 1.44. The van der Waals surface area contributed by atoms with Crippen molar-refractivity contribution in [3.8, 4) is 0 Å². The van der Waals surface area contributed by atoms with E-state index in [2.05, 4.69) is 20.3 Å². The molecule has 1 aliphatic rings. The lowest BCUT2D eigenvalue weighted by atomic mass is 10.2. The topological polar surface area (TPSA) is 87.9 Å². The number of nitrogens with zero attached hydrogens (tertiary/aromatic N) is 3. The zero-order chi connectivity index (χ0) is 20.1. The minimum Gasteiger partial charge on any atom is -0.462 e. The van der Waals surface area contributed by atoms with Crippen molar-refractivity contribution in [1.82, 2.24) is 15.0 Å². The molecule has 28 heavy (non-hydrogen) atoms. The number of esters is 1. The zero-order valence-electron chi connectivity index (χ0n) is 16.5. The molecule has 1 fully saturated rings. The monoisotopic (exact) mass is 406 g/mol. The van der Waals surface area contributed by atoms with Gasteiger partial charge in [0.1, 0.15) is 10.6 Å². The normalized spacial score (nSPS) is 15.5. The van der Waals surface area contributed by atoms with Crippen molar-refractivity contribution in [2.75, 3.05) is 44.6 Å². The maximum Gasteiger partial charge on any atom is 0.348 e. The van der Waals surface area contributed by atoms with Crippen molar-refractivity contribution >= 4 is 28.2 Å². The van der Waals surface area contributed by atoms with Gasteiger partial charge in [-0.1, -0.05) is 5.16 Å². The number of hydrogen-bond donors (Lipinski definition) is 1. The minimum atomic E-state index is -0.344. The molecule has 0 aromatic carbocycles. The molecule has 0 atom stereocenters. The van der Waals surface area contributed by atoms with Gasteiger partial charge in [0, 0.05) is 38.8 Å². The molecule has 2 aromatic rings. The second kappa shape index (κ2) is 9.31. The second-order valence-electron chi connectivity index (χ2n) is 6.87. The van der Waals surface area contributed by atoms with Gasteiger partial charge < -0.3 is 14.6 Å². The number of anilines is 1. The predicted molar refractivity (Wildman–Crippen MR) is 107 cm³/mol. The fourth-order valence-electron chi connectivity index (χ4n) is 3.15. The van der Waals surface area contributed by atoms with Gasteiger partial charge in [0.15, 0.2) is 0 Å². The van der Waals surface area contributed by atoms with E-state index in [9.17, 15) is 9.59 Å². The van der Waals surface area contributed by atoms with E-state index in [1.807, 2.05) is 26.0 Å². The molecule has 1 saturated heterocycles. The first-order valence-electron chi connectivity index (χ1n) is 9.39. The molecule has 1 amide bonds. The summed E-state index contributed by atoms with van der Waals surface area (Å²) in [4.78, 5) is 29.2. The second-order valence-corrected chi connectivity index (χ2v) is 7.92. The van der Waals surface area contributed by atoms with Crippen LogP contribution in [0.2, 0.25) is 0 Å². The van der Waals surface area contributed by atoms with Gasteiger partial charge in [-0.2, -0.15) is 0 Å². The molecule has 1 aliphatic heterocycles. The average molecular weight is 407 g/mol. The number of carbonyl (C=O) groups excluding carboxylic acids is 2. The molecule has 1 N–H and O–H groups in total. The quantitative estimate of drug-likeness (QED) is 0.706. The zero-order valence-corrected chi connectivity index (χ0v) is 17.3. The van der Waals surface area contributed by atoms with Crippen LogP contribution in [0.5, 0.6) is 0 Å². The summed E-state index contributed by atoms with van der Waals surface area (Å²) >= 11 is 1.25. The first-order valence-corrected chi connectivity index (χ1v) is 10.2. The third-order valence-electron chi connectivity index (χ3n) is 4.54. The summed E-state index contributed by atoms with van der Waals surface area (Å²) in [5, 5.41) is 7.60. The van der Waals surface area contributed by atoms with Crippen molar-refractivity contribution < 1.29 is 18.8 Å². The molecule has 152 valence electrons. The molecule has 3 rings (SSSR count). The lowest BCUT2D eigenvalue weighted by molar-refractivity contribution is -0.117. The number of aryl methyl sites for hydroxylation is 2. The minimum absolute atomic E-state index is 0.0720. The summed E-state index contributed by atoms with van der Waals surface area (Å²) in [5.74, 6) is 0.404. The van der Waals surface area contributed by atoms with Crippen LogP contribution in [-0.2, 0) is 16.1 Å². The number of amides is 1. The molecule has 0 saturated carbocycles. The molecule has 8 nitrogen and oxygen atoms in total. The number of piperazine rings is 1. The fraction of sp³-hybridized carbons (Fsp3) is 0.526. The molecule has 0 spiro atoms. The molecular formula is C19H26N4O4S. The third kappa shape index (κ3) is 5.40. The molecule has 0 aliphatic carbocycles. The Kier molecular flexibility index (Phi) is 6.82. The van der Waals surface area contributed by atoms with E-state index in [4.69, 9.17) is 9.26 Å². The Labute approximate surface area is 168 Å². The van der Waals surface area contributed by atoms with Gasteiger partial charge in [0.2, 0.25) is 5.91 Å². The van der Waals surface area contributed by atoms with Crippen LogP contribution in [0.4, 0.5) is 5.00 Å². The van der Waals surface area contributed by atoms with Crippen LogP contribution in [0, 0.1) is 13.8 Å². The SMILES string of the molecule is CCOC(=O)c1sc(NC(=O)CN2CCN(Cc3cc(C)on3)CC2)cc1C. The molecule has 0 bridgehead atoms. The Bertz CT molecular complexity index is 824. The highest BCUT2D eigenvalue weighted by Gasteiger charge is 2.21. The Morgan fingerprint density at radius 3 is 2.57 bits per heavy atom. The summed E-state index contributed by atoms with van der Waals surface area (Å²) in [6.45, 7) is 10.3. The third-order valence-corrected chi connectivity index (χ3v) is 5.67. The number of thiophene rings is 1. The standard InChI is InChI=1S/C19H26N4O4S/c1-4-26-19(25)18-13(2)9-17(28-18)20-16(24)12-23-7-5-22(6-8-23)11-15-10-14(3)27-21-15/h9-10H,4-8,11-12H2,1-3H3,(H,20,24). The largest absolute Gasteiger partial charge is 0.462 e. The van der Waals surface area contributed by atoms with Crippen molar-refractivity contribution in [3.05, 3.63) is 34.0 Å². The van der Waals surface area contributed by atoms with Gasteiger partial charge in [0.25, 0.3) is 0 Å². The summed E-state index contributed by atoms with van der Waals surface area (Å²) in [7, 11) is 0. The van der Waals surface area contributed by atoms with Gasteiger partial charge in [-0.3, -0.25) is 14.6 Å². The van der Waals surface area contributed by atoms with E-state index < -0.39 is 0 Å². The van der Waals surface area contributed by atoms with Crippen LogP contribution in [0.1, 0.15) is 33.6 Å². The summed E-state index contributed by atoms with van der Waals surface area (Å²) in [5.41, 5.74) is 1.75. The Morgan fingerprint density at radius 2 is 1.93 bits per heavy atom. The van der Waals surface area contributed by atoms with Crippen LogP contribution in [0.3, 0.4) is 0 Å². The smallest absolute Gasteiger partial charge is 0.348 e. The number of nitrogens with one attached hydrogen (secondary N) is 1. The number of carbonyl (C=O) groups is 2. The summed E-state index contributed by atoms with van der Waals surface area (Å²) < 4.78 is 10.1. The Hall–Kier alpha value is -2.23. The maximum absolute atomic E-state index is 12.4. The average Bonchev–Trinajstić information content (AvgIpc) is 3.22. The van der Waals surface area contributed by atoms with E-state index in [0.29, 0.717) is 23.0 Å². The predicted octanol–water partition coefficient (Wildman–Crippen LogP) is 2.29. The molecule has 2 aromatic heterocycles. The molecule has 0 unspecified atom stereocenters. The van der Waals surface area contributed by atoms with Crippen LogP contribution in [0.15, 0.2) is 16.7 Å². The first-order chi connectivity index (χ1) is 13.4. The number of aromatic nitrogens is 1. The number of ether oxygens (including phenoxy) is 1. The van der Waals surface area contributed by atoms with Crippen molar-refractivity contribution in [2.24, 2.45) is 0 Å². The first kappa shape index (κ1) is 20.5. The highest BCUT2D eigenvalue weighted by atomic mass is 32.1. The van der Waals surface area contributed by atoms with Gasteiger partial charge >= 0.3 is 5.97 Å². The lowest BCUT2D eigenvalue weighted by Crippen LogP contribution is -2.48. The van der Waals surface area contributed by atoms with Crippen molar-refractivity contribution in [3.63, 3.8) is 0 Å². The molecule has 3 heterocycles. The number of rotatable bonds is 7. The van der Waals surface area contributed by atoms with Crippen LogP contribution in [0.25, 0.3) is 0 Å². The van der Waals surface area contributed by atoms with E-state index in [-0.39, 0.29) is 11.9 Å². The van der Waals surface area contributed by atoms with Crippen molar-refractivity contribution in [1.29, 1.82) is 0 Å². The maximum atomic E-state index is 12.4. The van der Waals surface area contributed by atoms with Gasteiger partial charge in [0.05, 0.1) is 23.8 Å². The van der Waals surface area contributed by atoms with Crippen LogP contribution < -0.4 is 5.32 Å². The highest BCUT2D eigenvalue weighted by molar-refractivity contribution is 7.18. The van der Waals surface area contributed by atoms with Crippen molar-refractivity contribution in [2.45, 2.75) is 27.3 Å². The van der Waals surface area contributed by atoms with Gasteiger partial charge in [-0.15, -0.1) is 11.3 Å². The Morgan fingerprint density at radius 1 is 1.21 bits per heavy atom. The van der Waals surface area contributed by atoms with Crippen LogP contribution in [-0.4, -0.2) is 66.2 Å². The number of hydrogen-bond acceptors (Lipinski definition) is 8. The summed E-state index contributed by atoms with van der Waals surface area (Å²) in [6.07, 6.45) is 0. The van der Waals surface area contributed by atoms with E-state index >= 15 is 0 Å². The molecular weight excluding hydrogens is 380 g/mol.